The number of aldehydes is 1. The summed E-state index contributed by atoms with van der Waals surface area (Å²) in [7, 11) is 5.44. The number of hydrogen-bond acceptors (Lipinski definition) is 6. The number of carbonyl (C=O) groups is 1. The van der Waals surface area contributed by atoms with Gasteiger partial charge in [0.1, 0.15) is 12.0 Å². The lowest BCUT2D eigenvalue weighted by atomic mass is 9.93. The molecule has 0 atom stereocenters. The third kappa shape index (κ3) is 10.6. The Morgan fingerprint density at radius 3 is 2.29 bits per heavy atom. The normalized spacial score (nSPS) is 12.9. The van der Waals surface area contributed by atoms with Crippen molar-refractivity contribution in [3.8, 4) is 5.75 Å². The van der Waals surface area contributed by atoms with Gasteiger partial charge in [-0.1, -0.05) is 43.0 Å². The molecular formula is C34H49ClN4O3. The highest BCUT2D eigenvalue weighted by atomic mass is 35.5. The van der Waals surface area contributed by atoms with E-state index in [1.165, 1.54) is 37.7 Å². The lowest BCUT2D eigenvalue weighted by Gasteiger charge is -2.36. The zero-order valence-corrected chi connectivity index (χ0v) is 27.2. The van der Waals surface area contributed by atoms with E-state index >= 15 is 0 Å². The Labute approximate surface area is 257 Å². The number of aromatic nitrogens is 1. The van der Waals surface area contributed by atoms with Gasteiger partial charge in [-0.15, -0.1) is 0 Å². The van der Waals surface area contributed by atoms with Crippen LogP contribution in [0.4, 0.5) is 5.69 Å². The molecule has 1 aliphatic rings. The fourth-order valence-electron chi connectivity index (χ4n) is 5.38. The topological polar surface area (TPSA) is 86.5 Å². The van der Waals surface area contributed by atoms with E-state index in [2.05, 4.69) is 33.5 Å². The van der Waals surface area contributed by atoms with E-state index in [4.69, 9.17) is 16.3 Å². The molecule has 0 saturated heterocycles. The van der Waals surface area contributed by atoms with Crippen LogP contribution in [0.3, 0.4) is 0 Å². The maximum absolute atomic E-state index is 11.4. The number of halogens is 1. The zero-order valence-electron chi connectivity index (χ0n) is 26.4. The van der Waals surface area contributed by atoms with Crippen LogP contribution in [-0.4, -0.2) is 45.1 Å². The summed E-state index contributed by atoms with van der Waals surface area (Å²) in [5, 5.41) is 6.69. The van der Waals surface area contributed by atoms with Gasteiger partial charge >= 0.3 is 0 Å². The van der Waals surface area contributed by atoms with E-state index in [0.717, 1.165) is 53.3 Å². The Kier molecular flexibility index (Phi) is 15.4. The fourth-order valence-corrected chi connectivity index (χ4v) is 5.60. The minimum Gasteiger partial charge on any atom is -0.497 e. The molecule has 1 heterocycles. The lowest BCUT2D eigenvalue weighted by molar-refractivity contribution is 0.112. The molecule has 0 amide bonds. The van der Waals surface area contributed by atoms with E-state index in [9.17, 15) is 9.59 Å². The van der Waals surface area contributed by atoms with Crippen LogP contribution in [0.25, 0.3) is 0 Å². The van der Waals surface area contributed by atoms with E-state index in [0.29, 0.717) is 23.2 Å². The van der Waals surface area contributed by atoms with E-state index in [-0.39, 0.29) is 5.43 Å². The summed E-state index contributed by atoms with van der Waals surface area (Å²) >= 11 is 6.16. The molecule has 8 heteroatoms. The van der Waals surface area contributed by atoms with E-state index in [1.807, 2.05) is 59.1 Å². The number of benzene rings is 2. The first-order chi connectivity index (χ1) is 20.2. The molecule has 3 N–H and O–H groups in total. The molecule has 7 nitrogen and oxygen atoms in total. The summed E-state index contributed by atoms with van der Waals surface area (Å²) in [4.78, 5) is 28.1. The van der Waals surface area contributed by atoms with Gasteiger partial charge in [0, 0.05) is 65.0 Å². The van der Waals surface area contributed by atoms with Crippen molar-refractivity contribution in [3.05, 3.63) is 91.4 Å². The van der Waals surface area contributed by atoms with Gasteiger partial charge < -0.3 is 25.3 Å². The van der Waals surface area contributed by atoms with Crippen molar-refractivity contribution in [1.82, 2.24) is 15.6 Å². The van der Waals surface area contributed by atoms with Crippen LogP contribution >= 0.6 is 11.6 Å². The number of methoxy groups -OCH3 is 1. The predicted molar refractivity (Wildman–Crippen MR) is 177 cm³/mol. The van der Waals surface area contributed by atoms with Crippen molar-refractivity contribution in [2.45, 2.75) is 78.9 Å². The summed E-state index contributed by atoms with van der Waals surface area (Å²) in [6.45, 7) is 10.5. The van der Waals surface area contributed by atoms with Crippen molar-refractivity contribution in [1.29, 1.82) is 0 Å². The number of aromatic amines is 1. The molecule has 1 saturated carbocycles. The van der Waals surface area contributed by atoms with Crippen LogP contribution in [0.2, 0.25) is 5.02 Å². The maximum Gasteiger partial charge on any atom is 0.186 e. The largest absolute Gasteiger partial charge is 0.497 e. The van der Waals surface area contributed by atoms with E-state index in [1.54, 1.807) is 19.2 Å². The van der Waals surface area contributed by atoms with Crippen LogP contribution in [0.1, 0.15) is 77.5 Å². The van der Waals surface area contributed by atoms with Crippen molar-refractivity contribution in [2.24, 2.45) is 0 Å². The second-order valence-corrected chi connectivity index (χ2v) is 11.1. The van der Waals surface area contributed by atoms with E-state index < -0.39 is 0 Å². The second kappa shape index (κ2) is 18.4. The van der Waals surface area contributed by atoms with Crippen molar-refractivity contribution >= 4 is 23.6 Å². The molecule has 1 aliphatic carbocycles. The number of nitrogens with zero attached hydrogens (tertiary/aromatic N) is 1. The second-order valence-electron chi connectivity index (χ2n) is 10.7. The van der Waals surface area contributed by atoms with Crippen LogP contribution < -0.4 is 25.7 Å². The Hall–Kier alpha value is -3.13. The molecule has 0 spiro atoms. The third-order valence-corrected chi connectivity index (χ3v) is 7.75. The predicted octanol–water partition coefficient (Wildman–Crippen LogP) is 6.75. The van der Waals surface area contributed by atoms with Crippen molar-refractivity contribution in [2.75, 3.05) is 32.6 Å². The highest BCUT2D eigenvalue weighted by Gasteiger charge is 2.22. The smallest absolute Gasteiger partial charge is 0.186 e. The van der Waals surface area contributed by atoms with Gasteiger partial charge in [-0.2, -0.15) is 0 Å². The molecule has 42 heavy (non-hydrogen) atoms. The number of hydrogen-bond donors (Lipinski definition) is 3. The standard InChI is InChI=1S/C16H22ClNO.C9H14N2O.C9H13NO/c1-3-18(15-7-5-4-6-8-15)16-10-14(17)9-13(11-19)12(16)2;1-6-4-9(12)8(5-10-3)7(2)11-6;1-10-7-8-4-3-5-9(6-8)11-2/h9-11,15H,3-8H2,1-2H3;4,10H,5H2,1-3H3,(H,11,12);3-6,10H,7H2,1-2H3. The molecule has 1 aromatic heterocycles. The van der Waals surface area contributed by atoms with Crippen LogP contribution in [-0.2, 0) is 13.1 Å². The average Bonchev–Trinajstić information content (AvgIpc) is 2.98. The highest BCUT2D eigenvalue weighted by molar-refractivity contribution is 6.31. The van der Waals surface area contributed by atoms with Crippen LogP contribution in [0.5, 0.6) is 5.75 Å². The van der Waals surface area contributed by atoms with Gasteiger partial charge in [-0.05, 0) is 90.0 Å². The molecule has 0 unspecified atom stereocenters. The number of nitrogens with one attached hydrogen (secondary N) is 3. The average molecular weight is 597 g/mol. The third-order valence-electron chi connectivity index (χ3n) is 7.53. The molecule has 2 aromatic carbocycles. The summed E-state index contributed by atoms with van der Waals surface area (Å²) < 4.78 is 5.07. The first kappa shape index (κ1) is 35.1. The van der Waals surface area contributed by atoms with Gasteiger partial charge in [-0.3, -0.25) is 9.59 Å². The minimum atomic E-state index is 0.109. The molecule has 1 fully saturated rings. The van der Waals surface area contributed by atoms with Crippen LogP contribution in [0.15, 0.2) is 47.3 Å². The Morgan fingerprint density at radius 1 is 1.02 bits per heavy atom. The number of carbonyl (C=O) groups excluding carboxylic acids is 1. The molecular weight excluding hydrogens is 548 g/mol. The van der Waals surface area contributed by atoms with Crippen molar-refractivity contribution < 1.29 is 9.53 Å². The molecule has 3 aromatic rings. The number of pyridine rings is 1. The Balaban J connectivity index is 0.000000233. The van der Waals surface area contributed by atoms with Gasteiger partial charge in [0.25, 0.3) is 0 Å². The quantitative estimate of drug-likeness (QED) is 0.237. The number of H-pyrrole nitrogens is 1. The van der Waals surface area contributed by atoms with Gasteiger partial charge in [-0.25, -0.2) is 0 Å². The first-order valence-corrected chi connectivity index (χ1v) is 15.2. The molecule has 4 rings (SSSR count). The first-order valence-electron chi connectivity index (χ1n) is 14.8. The maximum atomic E-state index is 11.4. The number of rotatable bonds is 9. The van der Waals surface area contributed by atoms with Crippen molar-refractivity contribution in [3.63, 3.8) is 0 Å². The molecule has 230 valence electrons. The molecule has 0 radical (unpaired) electrons. The summed E-state index contributed by atoms with van der Waals surface area (Å²) in [6, 6.07) is 14.0. The summed E-state index contributed by atoms with van der Waals surface area (Å²) in [5.74, 6) is 0.915. The van der Waals surface area contributed by atoms with Gasteiger partial charge in [0.15, 0.2) is 5.43 Å². The zero-order chi connectivity index (χ0) is 31.1. The summed E-state index contributed by atoms with van der Waals surface area (Å²) in [5.41, 5.74) is 6.92. The number of ether oxygens (including phenoxy) is 1. The summed E-state index contributed by atoms with van der Waals surface area (Å²) in [6.07, 6.45) is 7.36. The Bertz CT molecular complexity index is 1320. The monoisotopic (exact) mass is 596 g/mol. The van der Waals surface area contributed by atoms with Gasteiger partial charge in [0.05, 0.1) is 7.11 Å². The Morgan fingerprint density at radius 2 is 1.71 bits per heavy atom. The number of anilines is 1. The highest BCUT2D eigenvalue weighted by Crippen LogP contribution is 2.32. The number of aryl methyl sites for hydroxylation is 2. The molecule has 0 bridgehead atoms. The van der Waals surface area contributed by atoms with Gasteiger partial charge in [0.2, 0.25) is 0 Å². The minimum absolute atomic E-state index is 0.109. The van der Waals surface area contributed by atoms with Crippen LogP contribution in [0, 0.1) is 20.8 Å². The fraction of sp³-hybridized carbons (Fsp3) is 0.471. The lowest BCUT2D eigenvalue weighted by Crippen LogP contribution is -2.37. The molecule has 0 aliphatic heterocycles. The SMILES string of the molecule is CCN(c1cc(Cl)cc(C=O)c1C)C1CCCCC1.CNCc1c(C)[nH]c(C)cc1=O.CNCc1cccc(OC)c1.